The quantitative estimate of drug-likeness (QED) is 0.939. The van der Waals surface area contributed by atoms with E-state index in [1.54, 1.807) is 0 Å². The van der Waals surface area contributed by atoms with Crippen molar-refractivity contribution < 1.29 is 0 Å². The fourth-order valence-electron chi connectivity index (χ4n) is 3.73. The zero-order valence-corrected chi connectivity index (χ0v) is 13.0. The highest BCUT2D eigenvalue weighted by molar-refractivity contribution is 5.85. The molecule has 3 atom stereocenters. The summed E-state index contributed by atoms with van der Waals surface area (Å²) >= 11 is 0. The van der Waals surface area contributed by atoms with Crippen LogP contribution in [0.15, 0.2) is 36.7 Å². The van der Waals surface area contributed by atoms with Gasteiger partial charge in [-0.2, -0.15) is 0 Å². The molecule has 2 aromatic rings. The van der Waals surface area contributed by atoms with E-state index in [9.17, 15) is 0 Å². The topological polar surface area (TPSA) is 42.1 Å². The molecule has 0 spiro atoms. The van der Waals surface area contributed by atoms with Crippen molar-refractivity contribution in [3.8, 4) is 0 Å². The predicted molar refractivity (Wildman–Crippen MR) is 88.1 cm³/mol. The lowest BCUT2D eigenvalue weighted by molar-refractivity contribution is 0.0852. The highest BCUT2D eigenvalue weighted by Gasteiger charge is 2.29. The fourth-order valence-corrected chi connectivity index (χ4v) is 3.73. The maximum atomic E-state index is 6.15. The maximum absolute atomic E-state index is 6.15. The Labute approximate surface area is 127 Å². The van der Waals surface area contributed by atoms with Crippen LogP contribution in [0.2, 0.25) is 0 Å². The number of nitrogens with two attached hydrogens (primary N) is 1. The summed E-state index contributed by atoms with van der Waals surface area (Å²) in [5.41, 5.74) is 7.43. The number of hydrogen-bond acceptors (Lipinski definition) is 3. The number of benzene rings is 1. The van der Waals surface area contributed by atoms with Crippen molar-refractivity contribution in [1.29, 1.82) is 0 Å². The van der Waals surface area contributed by atoms with Crippen molar-refractivity contribution in [2.75, 3.05) is 13.1 Å². The van der Waals surface area contributed by atoms with E-state index < -0.39 is 0 Å². The third kappa shape index (κ3) is 2.81. The first-order valence-electron chi connectivity index (χ1n) is 7.99. The highest BCUT2D eigenvalue weighted by atomic mass is 15.2. The minimum Gasteiger partial charge on any atom is -0.329 e. The number of nitrogens with zero attached hydrogens (tertiary/aromatic N) is 2. The number of hydrogen-bond donors (Lipinski definition) is 1. The lowest BCUT2D eigenvalue weighted by Crippen LogP contribution is -2.45. The van der Waals surface area contributed by atoms with Gasteiger partial charge in [0.2, 0.25) is 0 Å². The molecule has 0 radical (unpaired) electrons. The molecular weight excluding hydrogens is 258 g/mol. The van der Waals surface area contributed by atoms with E-state index in [2.05, 4.69) is 48.0 Å². The van der Waals surface area contributed by atoms with Gasteiger partial charge in [-0.15, -0.1) is 0 Å². The summed E-state index contributed by atoms with van der Waals surface area (Å²) in [6, 6.07) is 9.33. The first kappa shape index (κ1) is 14.5. The summed E-state index contributed by atoms with van der Waals surface area (Å²) in [7, 11) is 0. The molecule has 112 valence electrons. The largest absolute Gasteiger partial charge is 0.329 e. The predicted octanol–water partition coefficient (Wildman–Crippen LogP) is 3.36. The van der Waals surface area contributed by atoms with Crippen LogP contribution in [0, 0.1) is 5.92 Å². The maximum Gasteiger partial charge on any atom is 0.0494 e. The fraction of sp³-hybridized carbons (Fsp3) is 0.500. The Morgan fingerprint density at radius 2 is 2.10 bits per heavy atom. The van der Waals surface area contributed by atoms with Crippen LogP contribution in [0.1, 0.15) is 38.3 Å². The average molecular weight is 283 g/mol. The Morgan fingerprint density at radius 1 is 1.29 bits per heavy atom. The second-order valence-electron chi connectivity index (χ2n) is 6.42. The molecule has 0 aliphatic carbocycles. The number of aromatic nitrogens is 1. The molecule has 1 saturated heterocycles. The number of likely N-dealkylation sites (tertiary alicyclic amines) is 1. The van der Waals surface area contributed by atoms with Gasteiger partial charge in [-0.3, -0.25) is 9.88 Å². The van der Waals surface area contributed by atoms with Crippen LogP contribution in [-0.4, -0.2) is 29.0 Å². The molecule has 1 aliphatic rings. The van der Waals surface area contributed by atoms with E-state index in [1.807, 2.05) is 12.4 Å². The first-order chi connectivity index (χ1) is 10.2. The van der Waals surface area contributed by atoms with Gasteiger partial charge in [0, 0.05) is 36.4 Å². The zero-order valence-electron chi connectivity index (χ0n) is 13.0. The molecule has 2 N–H and O–H groups in total. The molecule has 3 rings (SSSR count). The van der Waals surface area contributed by atoms with Crippen LogP contribution in [0.25, 0.3) is 10.8 Å². The normalized spacial score (nSPS) is 25.1. The summed E-state index contributed by atoms with van der Waals surface area (Å²) in [6.07, 6.45) is 6.46. The molecule has 21 heavy (non-hydrogen) atoms. The minimum absolute atomic E-state index is 0.270. The van der Waals surface area contributed by atoms with Gasteiger partial charge in [0.25, 0.3) is 0 Å². The number of rotatable bonds is 3. The van der Waals surface area contributed by atoms with Gasteiger partial charge in [-0.1, -0.05) is 31.2 Å². The van der Waals surface area contributed by atoms with Gasteiger partial charge in [-0.25, -0.2) is 0 Å². The molecule has 3 heteroatoms. The lowest BCUT2D eigenvalue weighted by atomic mass is 9.90. The van der Waals surface area contributed by atoms with Crippen LogP contribution < -0.4 is 5.73 Å². The van der Waals surface area contributed by atoms with E-state index in [-0.39, 0.29) is 6.04 Å². The first-order valence-corrected chi connectivity index (χ1v) is 7.99. The van der Waals surface area contributed by atoms with Crippen molar-refractivity contribution >= 4 is 10.8 Å². The Hall–Kier alpha value is -1.45. The molecule has 3 unspecified atom stereocenters. The Kier molecular flexibility index (Phi) is 4.22. The number of pyridine rings is 1. The van der Waals surface area contributed by atoms with Crippen molar-refractivity contribution in [2.45, 2.75) is 38.8 Å². The van der Waals surface area contributed by atoms with E-state index in [4.69, 9.17) is 5.73 Å². The van der Waals surface area contributed by atoms with Crippen molar-refractivity contribution in [1.82, 2.24) is 9.88 Å². The van der Waals surface area contributed by atoms with E-state index in [0.29, 0.717) is 12.6 Å². The highest BCUT2D eigenvalue weighted by Crippen LogP contribution is 2.33. The lowest BCUT2D eigenvalue weighted by Gasteiger charge is -2.41. The average Bonchev–Trinajstić information content (AvgIpc) is 2.50. The SMILES string of the molecule is CC1CCN(C(CN)c2cncc3ccccc23)C(C)C1. The van der Waals surface area contributed by atoms with E-state index in [0.717, 1.165) is 12.5 Å². The summed E-state index contributed by atoms with van der Waals surface area (Å²) < 4.78 is 0. The molecule has 0 saturated carbocycles. The number of piperidine rings is 1. The summed E-state index contributed by atoms with van der Waals surface area (Å²) in [6.45, 7) is 6.46. The van der Waals surface area contributed by atoms with Gasteiger partial charge in [-0.05, 0) is 43.2 Å². The third-order valence-electron chi connectivity index (χ3n) is 4.87. The summed E-state index contributed by atoms with van der Waals surface area (Å²) in [5.74, 6) is 0.820. The van der Waals surface area contributed by atoms with Crippen LogP contribution >= 0.6 is 0 Å². The summed E-state index contributed by atoms with van der Waals surface area (Å²) in [5, 5.41) is 2.49. The second kappa shape index (κ2) is 6.12. The van der Waals surface area contributed by atoms with Gasteiger partial charge >= 0.3 is 0 Å². The van der Waals surface area contributed by atoms with Crippen LogP contribution in [0.3, 0.4) is 0 Å². The molecule has 0 bridgehead atoms. The van der Waals surface area contributed by atoms with Gasteiger partial charge in [0.15, 0.2) is 0 Å². The minimum atomic E-state index is 0.270. The molecule has 1 aromatic carbocycles. The molecule has 1 aliphatic heterocycles. The van der Waals surface area contributed by atoms with Crippen LogP contribution in [0.4, 0.5) is 0 Å². The van der Waals surface area contributed by atoms with Gasteiger partial charge in [0.1, 0.15) is 0 Å². The van der Waals surface area contributed by atoms with Crippen LogP contribution in [0.5, 0.6) is 0 Å². The van der Waals surface area contributed by atoms with Crippen LogP contribution in [-0.2, 0) is 0 Å². The zero-order chi connectivity index (χ0) is 14.8. The molecule has 2 heterocycles. The summed E-state index contributed by atoms with van der Waals surface area (Å²) in [4.78, 5) is 7.01. The van der Waals surface area contributed by atoms with Crippen molar-refractivity contribution in [3.05, 3.63) is 42.2 Å². The van der Waals surface area contributed by atoms with Crippen molar-refractivity contribution in [3.63, 3.8) is 0 Å². The molecule has 1 fully saturated rings. The van der Waals surface area contributed by atoms with E-state index >= 15 is 0 Å². The monoisotopic (exact) mass is 283 g/mol. The second-order valence-corrected chi connectivity index (χ2v) is 6.42. The Morgan fingerprint density at radius 3 is 2.86 bits per heavy atom. The van der Waals surface area contributed by atoms with Crippen molar-refractivity contribution in [2.24, 2.45) is 11.7 Å². The molecule has 1 aromatic heterocycles. The van der Waals surface area contributed by atoms with E-state index in [1.165, 1.54) is 29.2 Å². The molecular formula is C18H25N3. The third-order valence-corrected chi connectivity index (χ3v) is 4.87. The smallest absolute Gasteiger partial charge is 0.0494 e. The molecule has 3 nitrogen and oxygen atoms in total. The molecule has 0 amide bonds. The number of fused-ring (bicyclic) bond motifs is 1. The van der Waals surface area contributed by atoms with Gasteiger partial charge < -0.3 is 5.73 Å². The standard InChI is InChI=1S/C18H25N3/c1-13-7-8-21(14(2)9-13)18(10-19)17-12-20-11-15-5-3-4-6-16(15)17/h3-6,11-14,18H,7-10,19H2,1-2H3. The van der Waals surface area contributed by atoms with Gasteiger partial charge in [0.05, 0.1) is 0 Å². The Balaban J connectivity index is 1.98. The Bertz CT molecular complexity index is 605.